The van der Waals surface area contributed by atoms with Gasteiger partial charge >= 0.3 is 5.97 Å². The van der Waals surface area contributed by atoms with E-state index in [9.17, 15) is 23.1 Å². The third-order valence-corrected chi connectivity index (χ3v) is 9.58. The lowest BCUT2D eigenvalue weighted by Crippen LogP contribution is -2.42. The van der Waals surface area contributed by atoms with E-state index in [4.69, 9.17) is 4.74 Å². The molecule has 4 aromatic rings. The summed E-state index contributed by atoms with van der Waals surface area (Å²) in [5, 5.41) is 12.2. The van der Waals surface area contributed by atoms with E-state index < -0.39 is 27.8 Å². The molecule has 1 atom stereocenters. The average molecular weight is 634 g/mol. The number of nitrogens with one attached hydrogen (secondary N) is 1. The molecule has 2 N–H and O–H groups in total. The number of carboxylic acids is 1. The number of sulfone groups is 1. The molecule has 0 unspecified atom stereocenters. The molecule has 0 spiro atoms. The predicted molar refractivity (Wildman–Crippen MR) is 177 cm³/mol. The topological polar surface area (TPSA) is 110 Å². The molecule has 1 heterocycles. The summed E-state index contributed by atoms with van der Waals surface area (Å²) in [7, 11) is -3.39. The highest BCUT2D eigenvalue weighted by Gasteiger charge is 2.24. The van der Waals surface area contributed by atoms with Crippen molar-refractivity contribution in [1.82, 2.24) is 5.32 Å². The van der Waals surface area contributed by atoms with Crippen molar-refractivity contribution in [2.24, 2.45) is 0 Å². The molecule has 232 valence electrons. The third kappa shape index (κ3) is 9.11. The van der Waals surface area contributed by atoms with E-state index >= 15 is 0 Å². The number of benzene rings is 3. The highest BCUT2D eigenvalue weighted by molar-refractivity contribution is 7.90. The summed E-state index contributed by atoms with van der Waals surface area (Å²) in [5.74, 6) is -2.21. The lowest BCUT2D eigenvalue weighted by Gasteiger charge is -2.18. The van der Waals surface area contributed by atoms with Crippen LogP contribution in [0.2, 0.25) is 0 Å². The Morgan fingerprint density at radius 1 is 0.955 bits per heavy atom. The van der Waals surface area contributed by atoms with E-state index in [1.165, 1.54) is 20.9 Å². The normalized spacial score (nSPS) is 12.2. The molecule has 7 nitrogen and oxygen atoms in total. The molecule has 0 fully saturated rings. The van der Waals surface area contributed by atoms with E-state index in [-0.39, 0.29) is 12.2 Å². The number of carbonyl (C=O) groups is 2. The number of ether oxygens (including phenoxy) is 1. The number of amides is 1. The lowest BCUT2D eigenvalue weighted by molar-refractivity contribution is -0.139. The first kappa shape index (κ1) is 33.1. The quantitative estimate of drug-likeness (QED) is 0.145. The number of carbonyl (C=O) groups excluding carboxylic acids is 1. The molecule has 9 heteroatoms. The number of carboxylic acid groups (broad SMARTS) is 1. The van der Waals surface area contributed by atoms with Crippen molar-refractivity contribution in [2.45, 2.75) is 58.8 Å². The SMILES string of the molecule is CCCCc1cc(-c2ccccc2)sc1COCc1ccc(C(=O)N[C@@H](CCS(C)(=O)=O)C(=O)O)c(-c2ccccc2C)c1. The summed E-state index contributed by atoms with van der Waals surface area (Å²) in [6, 6.07) is 24.4. The van der Waals surface area contributed by atoms with Crippen molar-refractivity contribution in [1.29, 1.82) is 0 Å². The molecular formula is C35H39NO6S2. The van der Waals surface area contributed by atoms with Crippen LogP contribution in [0.25, 0.3) is 21.6 Å². The predicted octanol–water partition coefficient (Wildman–Crippen LogP) is 7.07. The van der Waals surface area contributed by atoms with Crippen LogP contribution in [-0.4, -0.2) is 43.5 Å². The molecule has 0 saturated heterocycles. The highest BCUT2D eigenvalue weighted by atomic mass is 32.2. The van der Waals surface area contributed by atoms with Crippen LogP contribution in [0.1, 0.15) is 58.1 Å². The second-order valence-electron chi connectivity index (χ2n) is 11.0. The number of unbranched alkanes of at least 4 members (excludes halogenated alkanes) is 1. The Morgan fingerprint density at radius 2 is 1.68 bits per heavy atom. The zero-order valence-electron chi connectivity index (χ0n) is 25.3. The standard InChI is InChI=1S/C35H39NO6S2/c1-4-5-12-27-21-32(26-13-7-6-8-14-26)43-33(27)23-42-22-25-16-17-29(30(20-25)28-15-10-9-11-24(28)2)34(37)36-31(35(38)39)18-19-44(3,40)41/h6-11,13-17,20-21,31H,4-5,12,18-19,22-23H2,1-3H3,(H,36,37)(H,38,39)/t31-/m0/s1. The van der Waals surface area contributed by atoms with E-state index in [0.29, 0.717) is 24.3 Å². The summed E-state index contributed by atoms with van der Waals surface area (Å²) < 4.78 is 29.5. The molecule has 0 aliphatic carbocycles. The van der Waals surface area contributed by atoms with Gasteiger partial charge in [0.05, 0.1) is 19.0 Å². The van der Waals surface area contributed by atoms with Crippen molar-refractivity contribution in [3.05, 3.63) is 106 Å². The number of rotatable bonds is 15. The van der Waals surface area contributed by atoms with Gasteiger partial charge in [-0.3, -0.25) is 4.79 Å². The van der Waals surface area contributed by atoms with Gasteiger partial charge in [0.2, 0.25) is 0 Å². The lowest BCUT2D eigenvalue weighted by atomic mass is 9.93. The van der Waals surface area contributed by atoms with Gasteiger partial charge in [-0.2, -0.15) is 0 Å². The minimum Gasteiger partial charge on any atom is -0.480 e. The Kier molecular flexibility index (Phi) is 11.5. The maximum Gasteiger partial charge on any atom is 0.326 e. The van der Waals surface area contributed by atoms with Gasteiger partial charge in [-0.25, -0.2) is 13.2 Å². The number of aryl methyl sites for hydroxylation is 2. The molecule has 0 aliphatic rings. The van der Waals surface area contributed by atoms with Crippen LogP contribution in [-0.2, 0) is 39.0 Å². The van der Waals surface area contributed by atoms with Crippen molar-refractivity contribution in [2.75, 3.05) is 12.0 Å². The summed E-state index contributed by atoms with van der Waals surface area (Å²) in [6.45, 7) is 4.94. The third-order valence-electron chi connectivity index (χ3n) is 7.40. The Hall–Kier alpha value is -3.79. The van der Waals surface area contributed by atoms with E-state index in [2.05, 4.69) is 30.4 Å². The molecule has 0 aliphatic heterocycles. The first-order valence-corrected chi connectivity index (χ1v) is 17.6. The second kappa shape index (κ2) is 15.3. The molecule has 0 radical (unpaired) electrons. The fourth-order valence-corrected chi connectivity index (χ4v) is 6.79. The first-order valence-electron chi connectivity index (χ1n) is 14.7. The number of hydrogen-bond acceptors (Lipinski definition) is 6. The van der Waals surface area contributed by atoms with Gasteiger partial charge in [0.15, 0.2) is 0 Å². The molecule has 1 aromatic heterocycles. The average Bonchev–Trinajstić information content (AvgIpc) is 3.41. The molecule has 4 rings (SSSR count). The van der Waals surface area contributed by atoms with Crippen molar-refractivity contribution < 1.29 is 27.9 Å². The maximum atomic E-state index is 13.4. The summed E-state index contributed by atoms with van der Waals surface area (Å²) in [4.78, 5) is 27.6. The van der Waals surface area contributed by atoms with Crippen LogP contribution >= 0.6 is 11.3 Å². The van der Waals surface area contributed by atoms with E-state index in [1.54, 1.807) is 17.4 Å². The smallest absolute Gasteiger partial charge is 0.326 e. The van der Waals surface area contributed by atoms with Gasteiger partial charge in [0.1, 0.15) is 15.9 Å². The van der Waals surface area contributed by atoms with Gasteiger partial charge in [0.25, 0.3) is 5.91 Å². The molecule has 0 bridgehead atoms. The van der Waals surface area contributed by atoms with Crippen molar-refractivity contribution >= 4 is 33.1 Å². The summed E-state index contributed by atoms with van der Waals surface area (Å²) in [6.07, 6.45) is 4.04. The zero-order chi connectivity index (χ0) is 31.7. The number of aliphatic carboxylic acids is 1. The van der Waals surface area contributed by atoms with Crippen LogP contribution in [0.15, 0.2) is 78.9 Å². The van der Waals surface area contributed by atoms with Crippen LogP contribution in [0, 0.1) is 6.92 Å². The van der Waals surface area contributed by atoms with Crippen LogP contribution in [0.4, 0.5) is 0 Å². The van der Waals surface area contributed by atoms with E-state index in [1.807, 2.05) is 61.5 Å². The Bertz CT molecular complexity index is 1700. The molecular weight excluding hydrogens is 595 g/mol. The van der Waals surface area contributed by atoms with E-state index in [0.717, 1.165) is 42.2 Å². The number of thiophene rings is 1. The fourth-order valence-electron chi connectivity index (χ4n) is 4.98. The Morgan fingerprint density at radius 3 is 2.36 bits per heavy atom. The maximum absolute atomic E-state index is 13.4. The highest BCUT2D eigenvalue weighted by Crippen LogP contribution is 2.34. The van der Waals surface area contributed by atoms with Gasteiger partial charge < -0.3 is 15.2 Å². The minimum atomic E-state index is -3.39. The van der Waals surface area contributed by atoms with Crippen LogP contribution in [0.3, 0.4) is 0 Å². The largest absolute Gasteiger partial charge is 0.480 e. The van der Waals surface area contributed by atoms with Gasteiger partial charge in [-0.05, 0) is 77.8 Å². The monoisotopic (exact) mass is 633 g/mol. The van der Waals surface area contributed by atoms with Crippen LogP contribution in [0.5, 0.6) is 0 Å². The Balaban J connectivity index is 1.56. The molecule has 1 amide bonds. The van der Waals surface area contributed by atoms with Gasteiger partial charge in [0, 0.05) is 21.6 Å². The molecule has 44 heavy (non-hydrogen) atoms. The second-order valence-corrected chi connectivity index (χ2v) is 14.4. The van der Waals surface area contributed by atoms with Crippen molar-refractivity contribution in [3.8, 4) is 21.6 Å². The molecule has 3 aromatic carbocycles. The molecule has 0 saturated carbocycles. The fraction of sp³-hybridized carbons (Fsp3) is 0.314. The van der Waals surface area contributed by atoms with Gasteiger partial charge in [-0.1, -0.05) is 74.0 Å². The minimum absolute atomic E-state index is 0.222. The van der Waals surface area contributed by atoms with Crippen LogP contribution < -0.4 is 5.32 Å². The van der Waals surface area contributed by atoms with Gasteiger partial charge in [-0.15, -0.1) is 11.3 Å². The Labute approximate surface area is 263 Å². The first-order chi connectivity index (χ1) is 21.1. The number of hydrogen-bond donors (Lipinski definition) is 2. The van der Waals surface area contributed by atoms with Crippen molar-refractivity contribution in [3.63, 3.8) is 0 Å². The summed E-state index contributed by atoms with van der Waals surface area (Å²) >= 11 is 1.76. The summed E-state index contributed by atoms with van der Waals surface area (Å²) in [5.41, 5.74) is 6.14. The zero-order valence-corrected chi connectivity index (χ0v) is 27.0.